The van der Waals surface area contributed by atoms with E-state index in [0.29, 0.717) is 12.0 Å². The molecule has 3 heteroatoms. The topological polar surface area (TPSA) is 47.3 Å². The van der Waals surface area contributed by atoms with E-state index in [4.69, 9.17) is 4.42 Å². The predicted molar refractivity (Wildman–Crippen MR) is 70.9 cm³/mol. The van der Waals surface area contributed by atoms with Gasteiger partial charge in [-0.05, 0) is 17.5 Å². The molecule has 0 aliphatic rings. The summed E-state index contributed by atoms with van der Waals surface area (Å²) in [5, 5.41) is 0.773. The Morgan fingerprint density at radius 3 is 2.56 bits per heavy atom. The fourth-order valence-electron chi connectivity index (χ4n) is 1.83. The molecular weight excluding hydrogens is 228 g/mol. The molecule has 0 saturated heterocycles. The van der Waals surface area contributed by atoms with Crippen molar-refractivity contribution >= 4 is 16.8 Å². The average molecular weight is 244 g/mol. The number of hydrogen-bond donors (Lipinski definition) is 0. The molecule has 0 fully saturated rings. The van der Waals surface area contributed by atoms with E-state index in [2.05, 4.69) is 0 Å². The standard InChI is InChI=1S/C15H16O3/c1-15(2,3)9-12(16)11-8-10-6-4-5-7-13(10)18-14(11)17/h4-8H,9H2,1-3H3. The SMILES string of the molecule is CC(C)(C)CC(=O)c1cc2ccccc2oc1=O. The summed E-state index contributed by atoms with van der Waals surface area (Å²) in [6.07, 6.45) is 0.329. The molecular formula is C15H16O3. The highest BCUT2D eigenvalue weighted by Crippen LogP contribution is 2.21. The Bertz CT molecular complexity index is 645. The Morgan fingerprint density at radius 2 is 1.89 bits per heavy atom. The fourth-order valence-corrected chi connectivity index (χ4v) is 1.83. The van der Waals surface area contributed by atoms with Crippen molar-refractivity contribution in [3.05, 3.63) is 46.3 Å². The minimum atomic E-state index is -0.553. The number of fused-ring (bicyclic) bond motifs is 1. The third-order valence-corrected chi connectivity index (χ3v) is 2.63. The predicted octanol–water partition coefficient (Wildman–Crippen LogP) is 3.41. The molecule has 0 N–H and O–H groups in total. The van der Waals surface area contributed by atoms with Crippen LogP contribution in [0.4, 0.5) is 0 Å². The van der Waals surface area contributed by atoms with Crippen LogP contribution in [0.3, 0.4) is 0 Å². The van der Waals surface area contributed by atoms with Crippen molar-refractivity contribution in [1.29, 1.82) is 0 Å². The number of rotatable bonds is 2. The van der Waals surface area contributed by atoms with Gasteiger partial charge in [0, 0.05) is 11.8 Å². The van der Waals surface area contributed by atoms with E-state index >= 15 is 0 Å². The Kier molecular flexibility index (Phi) is 3.07. The second-order valence-electron chi connectivity index (χ2n) is 5.65. The van der Waals surface area contributed by atoms with Gasteiger partial charge in [-0.3, -0.25) is 4.79 Å². The average Bonchev–Trinajstić information content (AvgIpc) is 2.25. The monoisotopic (exact) mass is 244 g/mol. The van der Waals surface area contributed by atoms with Crippen molar-refractivity contribution in [1.82, 2.24) is 0 Å². The van der Waals surface area contributed by atoms with E-state index in [1.54, 1.807) is 18.2 Å². The molecule has 0 unspecified atom stereocenters. The smallest absolute Gasteiger partial charge is 0.347 e. The third-order valence-electron chi connectivity index (χ3n) is 2.63. The van der Waals surface area contributed by atoms with E-state index < -0.39 is 5.63 Å². The van der Waals surface area contributed by atoms with Gasteiger partial charge >= 0.3 is 5.63 Å². The van der Waals surface area contributed by atoms with Crippen LogP contribution >= 0.6 is 0 Å². The van der Waals surface area contributed by atoms with Gasteiger partial charge in [-0.1, -0.05) is 39.0 Å². The summed E-state index contributed by atoms with van der Waals surface area (Å²) in [5.74, 6) is -0.165. The largest absolute Gasteiger partial charge is 0.422 e. The molecule has 3 nitrogen and oxygen atoms in total. The molecule has 0 amide bonds. The van der Waals surface area contributed by atoms with Crippen molar-refractivity contribution < 1.29 is 9.21 Å². The van der Waals surface area contributed by atoms with Crippen LogP contribution in [0, 0.1) is 5.41 Å². The zero-order valence-corrected chi connectivity index (χ0v) is 10.8. The second-order valence-corrected chi connectivity index (χ2v) is 5.65. The fraction of sp³-hybridized carbons (Fsp3) is 0.333. The molecule has 0 saturated carbocycles. The molecule has 1 aromatic heterocycles. The van der Waals surface area contributed by atoms with Crippen molar-refractivity contribution in [3.8, 4) is 0 Å². The summed E-state index contributed by atoms with van der Waals surface area (Å²) in [4.78, 5) is 23.8. The normalized spacial score (nSPS) is 11.7. The Hall–Kier alpha value is -1.90. The van der Waals surface area contributed by atoms with Crippen LogP contribution in [0.1, 0.15) is 37.6 Å². The minimum absolute atomic E-state index is 0.142. The zero-order chi connectivity index (χ0) is 13.3. The molecule has 2 aromatic rings. The maximum atomic E-state index is 12.1. The van der Waals surface area contributed by atoms with Gasteiger partial charge in [0.2, 0.25) is 0 Å². The number of hydrogen-bond acceptors (Lipinski definition) is 3. The highest BCUT2D eigenvalue weighted by molar-refractivity contribution is 5.98. The molecule has 0 spiro atoms. The Morgan fingerprint density at radius 1 is 1.22 bits per heavy atom. The molecule has 0 radical (unpaired) electrons. The summed E-state index contributed by atoms with van der Waals surface area (Å²) in [6.45, 7) is 5.90. The Balaban J connectivity index is 2.48. The van der Waals surface area contributed by atoms with E-state index in [9.17, 15) is 9.59 Å². The van der Waals surface area contributed by atoms with Crippen molar-refractivity contribution in [2.45, 2.75) is 27.2 Å². The van der Waals surface area contributed by atoms with Gasteiger partial charge < -0.3 is 4.42 Å². The van der Waals surface area contributed by atoms with Gasteiger partial charge in [0.05, 0.1) is 0 Å². The molecule has 0 aliphatic heterocycles. The summed E-state index contributed by atoms with van der Waals surface area (Å²) in [7, 11) is 0. The van der Waals surface area contributed by atoms with Gasteiger partial charge in [0.25, 0.3) is 0 Å². The van der Waals surface area contributed by atoms with Gasteiger partial charge in [-0.15, -0.1) is 0 Å². The molecule has 2 rings (SSSR count). The van der Waals surface area contributed by atoms with Crippen LogP contribution in [0.25, 0.3) is 11.0 Å². The van der Waals surface area contributed by atoms with Gasteiger partial charge in [-0.2, -0.15) is 0 Å². The summed E-state index contributed by atoms with van der Waals surface area (Å²) < 4.78 is 5.15. The van der Waals surface area contributed by atoms with Gasteiger partial charge in [0.1, 0.15) is 11.1 Å². The number of para-hydroxylation sites is 1. The van der Waals surface area contributed by atoms with Crippen LogP contribution < -0.4 is 5.63 Å². The maximum absolute atomic E-state index is 12.1. The molecule has 0 aliphatic carbocycles. The first-order valence-corrected chi connectivity index (χ1v) is 5.93. The van der Waals surface area contributed by atoms with Crippen molar-refractivity contribution in [2.75, 3.05) is 0 Å². The van der Waals surface area contributed by atoms with E-state index in [-0.39, 0.29) is 16.8 Å². The van der Waals surface area contributed by atoms with Crippen LogP contribution in [0.5, 0.6) is 0 Å². The second kappa shape index (κ2) is 4.41. The van der Waals surface area contributed by atoms with Crippen molar-refractivity contribution in [2.24, 2.45) is 5.41 Å². The minimum Gasteiger partial charge on any atom is -0.422 e. The van der Waals surface area contributed by atoms with Crippen molar-refractivity contribution in [3.63, 3.8) is 0 Å². The molecule has 0 atom stereocenters. The van der Waals surface area contributed by atoms with E-state index in [0.717, 1.165) is 5.39 Å². The van der Waals surface area contributed by atoms with E-state index in [1.807, 2.05) is 32.9 Å². The molecule has 1 aromatic carbocycles. The zero-order valence-electron chi connectivity index (χ0n) is 10.8. The maximum Gasteiger partial charge on any atom is 0.347 e. The highest BCUT2D eigenvalue weighted by atomic mass is 16.4. The van der Waals surface area contributed by atoms with Crippen LogP contribution in [-0.4, -0.2) is 5.78 Å². The quantitative estimate of drug-likeness (QED) is 0.600. The molecule has 18 heavy (non-hydrogen) atoms. The molecule has 1 heterocycles. The summed E-state index contributed by atoms with van der Waals surface area (Å²) in [6, 6.07) is 8.80. The van der Waals surface area contributed by atoms with E-state index in [1.165, 1.54) is 0 Å². The molecule has 94 valence electrons. The first-order chi connectivity index (χ1) is 8.37. The number of carbonyl (C=O) groups excluding carboxylic acids is 1. The number of Topliss-reactive ketones (excluding diaryl/α,β-unsaturated/α-hetero) is 1. The lowest BCUT2D eigenvalue weighted by Gasteiger charge is -2.16. The lowest BCUT2D eigenvalue weighted by molar-refractivity contribution is 0.0936. The summed E-state index contributed by atoms with van der Waals surface area (Å²) >= 11 is 0. The lowest BCUT2D eigenvalue weighted by Crippen LogP contribution is -2.19. The number of ketones is 1. The number of benzene rings is 1. The molecule has 0 bridgehead atoms. The van der Waals surface area contributed by atoms with Gasteiger partial charge in [-0.25, -0.2) is 4.79 Å². The van der Waals surface area contributed by atoms with Crippen LogP contribution in [0.2, 0.25) is 0 Å². The first-order valence-electron chi connectivity index (χ1n) is 5.93. The van der Waals surface area contributed by atoms with Crippen LogP contribution in [-0.2, 0) is 0 Å². The summed E-state index contributed by atoms with van der Waals surface area (Å²) in [5.41, 5.74) is -0.0452. The van der Waals surface area contributed by atoms with Crippen LogP contribution in [0.15, 0.2) is 39.5 Å². The van der Waals surface area contributed by atoms with Gasteiger partial charge in [0.15, 0.2) is 5.78 Å². The first kappa shape index (κ1) is 12.6. The lowest BCUT2D eigenvalue weighted by atomic mass is 9.88. The third kappa shape index (κ3) is 2.67. The Labute approximate surface area is 105 Å². The highest BCUT2D eigenvalue weighted by Gasteiger charge is 2.20. The number of carbonyl (C=O) groups is 1.